The maximum atomic E-state index is 13.2. The first kappa shape index (κ1) is 26.0. The molecule has 4 rings (SSSR count). The van der Waals surface area contributed by atoms with Crippen LogP contribution in [-0.4, -0.2) is 24.0 Å². The van der Waals surface area contributed by atoms with Gasteiger partial charge in [-0.3, -0.25) is 4.79 Å². The molecule has 0 radical (unpaired) electrons. The number of halogens is 2. The van der Waals surface area contributed by atoms with Gasteiger partial charge in [-0.15, -0.1) is 0 Å². The van der Waals surface area contributed by atoms with Crippen LogP contribution in [0.3, 0.4) is 0 Å². The topological polar surface area (TPSA) is 87.1 Å². The van der Waals surface area contributed by atoms with E-state index in [4.69, 9.17) is 9.47 Å². The van der Waals surface area contributed by atoms with Crippen molar-refractivity contribution in [1.82, 2.24) is 10.3 Å². The fourth-order valence-electron chi connectivity index (χ4n) is 3.83. The van der Waals surface area contributed by atoms with E-state index in [0.29, 0.717) is 41.1 Å². The number of fused-ring (bicyclic) bond motifs is 1. The van der Waals surface area contributed by atoms with Crippen LogP contribution in [0.4, 0.5) is 4.39 Å². The van der Waals surface area contributed by atoms with Crippen LogP contribution in [0, 0.1) is 17.1 Å². The van der Waals surface area contributed by atoms with Crippen LogP contribution in [0.25, 0.3) is 17.0 Å². The van der Waals surface area contributed by atoms with Crippen LogP contribution in [0.2, 0.25) is 0 Å². The number of nitrogens with zero attached hydrogens (tertiary/aromatic N) is 1. The Morgan fingerprint density at radius 2 is 1.89 bits per heavy atom. The summed E-state index contributed by atoms with van der Waals surface area (Å²) in [6.45, 7) is 2.87. The zero-order chi connectivity index (χ0) is 26.2. The Kier molecular flexibility index (Phi) is 8.60. The van der Waals surface area contributed by atoms with Crippen LogP contribution >= 0.6 is 15.9 Å². The first-order chi connectivity index (χ1) is 18.0. The summed E-state index contributed by atoms with van der Waals surface area (Å²) >= 11 is 3.50. The summed E-state index contributed by atoms with van der Waals surface area (Å²) in [7, 11) is 0. The van der Waals surface area contributed by atoms with Crippen LogP contribution in [0.15, 0.2) is 76.9 Å². The van der Waals surface area contributed by atoms with E-state index in [-0.39, 0.29) is 18.0 Å². The number of nitriles is 1. The number of hydrogen-bond donors (Lipinski definition) is 2. The van der Waals surface area contributed by atoms with E-state index in [1.807, 2.05) is 43.5 Å². The molecule has 1 aromatic heterocycles. The SMILES string of the molecule is CCOc1cc(/C=C(/C#N)C(=O)NCCc2c[nH]c3ccccc23)c(Br)cc1OCc1ccc(F)cc1. The maximum Gasteiger partial charge on any atom is 0.261 e. The molecule has 0 bridgehead atoms. The number of aromatic amines is 1. The molecule has 0 spiro atoms. The summed E-state index contributed by atoms with van der Waals surface area (Å²) in [6.07, 6.45) is 4.08. The van der Waals surface area contributed by atoms with Crippen molar-refractivity contribution < 1.29 is 18.7 Å². The van der Waals surface area contributed by atoms with Crippen molar-refractivity contribution in [1.29, 1.82) is 5.26 Å². The standard InChI is InChI=1S/C29H25BrFN3O3/c1-2-36-27-14-21(25(30)15-28(27)37-18-19-7-9-23(31)10-8-19)13-22(16-32)29(35)33-12-11-20-17-34-26-6-4-3-5-24(20)26/h3-10,13-15,17,34H,2,11-12,18H2,1H3,(H,33,35)/b22-13-. The molecule has 0 atom stereocenters. The third-order valence-corrected chi connectivity index (χ3v) is 6.38. The molecule has 0 aliphatic rings. The van der Waals surface area contributed by atoms with Gasteiger partial charge in [-0.1, -0.05) is 46.3 Å². The second kappa shape index (κ2) is 12.2. The van der Waals surface area contributed by atoms with E-state index in [9.17, 15) is 14.4 Å². The van der Waals surface area contributed by atoms with Crippen molar-refractivity contribution >= 4 is 38.8 Å². The lowest BCUT2D eigenvalue weighted by atomic mass is 10.1. The number of hydrogen-bond acceptors (Lipinski definition) is 4. The first-order valence-electron chi connectivity index (χ1n) is 11.8. The number of ether oxygens (including phenoxy) is 2. The van der Waals surface area contributed by atoms with Crippen LogP contribution in [0.5, 0.6) is 11.5 Å². The molecular weight excluding hydrogens is 537 g/mol. The number of benzene rings is 3. The van der Waals surface area contributed by atoms with Gasteiger partial charge in [0.25, 0.3) is 5.91 Å². The lowest BCUT2D eigenvalue weighted by Gasteiger charge is -2.14. The molecule has 0 saturated carbocycles. The van der Waals surface area contributed by atoms with E-state index in [1.54, 1.807) is 24.3 Å². The van der Waals surface area contributed by atoms with Gasteiger partial charge in [-0.25, -0.2) is 4.39 Å². The van der Waals surface area contributed by atoms with Crippen molar-refractivity contribution in [3.05, 3.63) is 99.4 Å². The molecule has 0 fully saturated rings. The fraction of sp³-hybridized carbons (Fsp3) is 0.172. The summed E-state index contributed by atoms with van der Waals surface area (Å²) in [5.74, 6) is 0.185. The predicted octanol–water partition coefficient (Wildman–Crippen LogP) is 6.31. The van der Waals surface area contributed by atoms with Gasteiger partial charge < -0.3 is 19.8 Å². The number of carbonyl (C=O) groups is 1. The van der Waals surface area contributed by atoms with Crippen molar-refractivity contribution in [2.45, 2.75) is 20.0 Å². The molecule has 3 aromatic carbocycles. The largest absolute Gasteiger partial charge is 0.490 e. The van der Waals surface area contributed by atoms with Gasteiger partial charge in [0.05, 0.1) is 6.61 Å². The fourth-order valence-corrected chi connectivity index (χ4v) is 4.27. The molecule has 1 amide bonds. The molecule has 1 heterocycles. The number of carbonyl (C=O) groups excluding carboxylic acids is 1. The predicted molar refractivity (Wildman–Crippen MR) is 145 cm³/mol. The third kappa shape index (κ3) is 6.57. The second-order valence-corrected chi connectivity index (χ2v) is 9.06. The lowest BCUT2D eigenvalue weighted by molar-refractivity contribution is -0.117. The average Bonchev–Trinajstić information content (AvgIpc) is 3.32. The summed E-state index contributed by atoms with van der Waals surface area (Å²) in [5.41, 5.74) is 3.52. The molecule has 8 heteroatoms. The summed E-state index contributed by atoms with van der Waals surface area (Å²) < 4.78 is 25.4. The number of H-pyrrole nitrogens is 1. The molecule has 188 valence electrons. The molecule has 6 nitrogen and oxygen atoms in total. The molecule has 0 saturated heterocycles. The van der Waals surface area contributed by atoms with E-state index in [0.717, 1.165) is 22.0 Å². The summed E-state index contributed by atoms with van der Waals surface area (Å²) in [4.78, 5) is 16.0. The molecule has 37 heavy (non-hydrogen) atoms. The Morgan fingerprint density at radius 1 is 1.14 bits per heavy atom. The molecule has 0 aliphatic carbocycles. The van der Waals surface area contributed by atoms with Gasteiger partial charge in [0, 0.05) is 28.1 Å². The average molecular weight is 562 g/mol. The molecular formula is C29H25BrFN3O3. The minimum atomic E-state index is -0.455. The highest BCUT2D eigenvalue weighted by atomic mass is 79.9. The van der Waals surface area contributed by atoms with Crippen molar-refractivity contribution in [2.75, 3.05) is 13.2 Å². The highest BCUT2D eigenvalue weighted by Crippen LogP contribution is 2.35. The van der Waals surface area contributed by atoms with Gasteiger partial charge in [0.15, 0.2) is 11.5 Å². The monoisotopic (exact) mass is 561 g/mol. The van der Waals surface area contributed by atoms with Crippen molar-refractivity contribution in [3.8, 4) is 17.6 Å². The van der Waals surface area contributed by atoms with Crippen molar-refractivity contribution in [2.24, 2.45) is 0 Å². The van der Waals surface area contributed by atoms with Gasteiger partial charge >= 0.3 is 0 Å². The number of para-hydroxylation sites is 1. The molecule has 0 aliphatic heterocycles. The van der Waals surface area contributed by atoms with Gasteiger partial charge in [0.1, 0.15) is 24.1 Å². The Bertz CT molecular complexity index is 1470. The first-order valence-corrected chi connectivity index (χ1v) is 12.6. The van der Waals surface area contributed by atoms with Gasteiger partial charge in [-0.2, -0.15) is 5.26 Å². The highest BCUT2D eigenvalue weighted by Gasteiger charge is 2.14. The van der Waals surface area contributed by atoms with Crippen LogP contribution < -0.4 is 14.8 Å². The minimum absolute atomic E-state index is 0.0259. The zero-order valence-corrected chi connectivity index (χ0v) is 21.8. The Morgan fingerprint density at radius 3 is 2.65 bits per heavy atom. The Hall–Kier alpha value is -4.09. The van der Waals surface area contributed by atoms with E-state index in [2.05, 4.69) is 26.2 Å². The number of aromatic nitrogens is 1. The van der Waals surface area contributed by atoms with E-state index < -0.39 is 5.91 Å². The molecule has 2 N–H and O–H groups in total. The number of rotatable bonds is 10. The van der Waals surface area contributed by atoms with Gasteiger partial charge in [0.2, 0.25) is 0 Å². The van der Waals surface area contributed by atoms with E-state index in [1.165, 1.54) is 18.2 Å². The Balaban J connectivity index is 1.45. The third-order valence-electron chi connectivity index (χ3n) is 5.69. The summed E-state index contributed by atoms with van der Waals surface area (Å²) in [5, 5.41) is 13.6. The second-order valence-electron chi connectivity index (χ2n) is 8.20. The lowest BCUT2D eigenvalue weighted by Crippen LogP contribution is -2.26. The number of nitrogens with one attached hydrogen (secondary N) is 2. The zero-order valence-electron chi connectivity index (χ0n) is 20.2. The smallest absolute Gasteiger partial charge is 0.261 e. The quantitative estimate of drug-likeness (QED) is 0.175. The number of amides is 1. The minimum Gasteiger partial charge on any atom is -0.490 e. The highest BCUT2D eigenvalue weighted by molar-refractivity contribution is 9.10. The molecule has 4 aromatic rings. The molecule has 0 unspecified atom stereocenters. The van der Waals surface area contributed by atoms with Crippen LogP contribution in [-0.2, 0) is 17.8 Å². The normalized spacial score (nSPS) is 11.2. The van der Waals surface area contributed by atoms with Crippen LogP contribution in [0.1, 0.15) is 23.6 Å². The van der Waals surface area contributed by atoms with Crippen molar-refractivity contribution in [3.63, 3.8) is 0 Å². The summed E-state index contributed by atoms with van der Waals surface area (Å²) in [6, 6.07) is 19.5. The Labute approximate surface area is 222 Å². The van der Waals surface area contributed by atoms with E-state index >= 15 is 0 Å². The van der Waals surface area contributed by atoms with Gasteiger partial charge in [-0.05, 0) is 66.4 Å². The maximum absolute atomic E-state index is 13.2.